The summed E-state index contributed by atoms with van der Waals surface area (Å²) in [5.74, 6) is -0.201. The van der Waals surface area contributed by atoms with Gasteiger partial charge in [-0.05, 0) is 26.0 Å². The van der Waals surface area contributed by atoms with Gasteiger partial charge in [0, 0.05) is 31.7 Å². The van der Waals surface area contributed by atoms with Crippen LogP contribution in [0.4, 0.5) is 0 Å². The lowest BCUT2D eigenvalue weighted by atomic mass is 10.3. The summed E-state index contributed by atoms with van der Waals surface area (Å²) in [5.41, 5.74) is 5.76. The second kappa shape index (κ2) is 7.32. The van der Waals surface area contributed by atoms with Gasteiger partial charge in [0.15, 0.2) is 0 Å². The van der Waals surface area contributed by atoms with Crippen molar-refractivity contribution < 1.29 is 13.2 Å². The molecule has 0 bridgehead atoms. The smallest absolute Gasteiger partial charge is 0.242 e. The van der Waals surface area contributed by atoms with Gasteiger partial charge in [-0.15, -0.1) is 0 Å². The molecule has 20 heavy (non-hydrogen) atoms. The van der Waals surface area contributed by atoms with Crippen LogP contribution >= 0.6 is 0 Å². The molecule has 1 rings (SSSR count). The zero-order chi connectivity index (χ0) is 15.2. The van der Waals surface area contributed by atoms with Crippen LogP contribution in [-0.2, 0) is 21.4 Å². The number of hydrogen-bond donors (Lipinski definition) is 3. The van der Waals surface area contributed by atoms with E-state index in [0.717, 1.165) is 0 Å². The van der Waals surface area contributed by atoms with Crippen molar-refractivity contribution in [2.24, 2.45) is 5.73 Å². The van der Waals surface area contributed by atoms with E-state index in [2.05, 4.69) is 15.0 Å². The average molecular weight is 300 g/mol. The molecule has 0 spiro atoms. The van der Waals surface area contributed by atoms with E-state index in [1.165, 1.54) is 18.3 Å². The Labute approximate surface area is 119 Å². The van der Waals surface area contributed by atoms with E-state index < -0.39 is 10.0 Å². The monoisotopic (exact) mass is 300 g/mol. The molecule has 1 heterocycles. The first-order chi connectivity index (χ1) is 9.36. The topological polar surface area (TPSA) is 114 Å². The maximum Gasteiger partial charge on any atom is 0.242 e. The van der Waals surface area contributed by atoms with Crippen molar-refractivity contribution in [2.45, 2.75) is 37.8 Å². The normalized spacial score (nSPS) is 11.6. The quantitative estimate of drug-likeness (QED) is 0.641. The van der Waals surface area contributed by atoms with Crippen LogP contribution in [0.15, 0.2) is 23.2 Å². The van der Waals surface area contributed by atoms with Gasteiger partial charge in [0.1, 0.15) is 4.90 Å². The lowest BCUT2D eigenvalue weighted by Gasteiger charge is -2.10. The maximum atomic E-state index is 12.1. The SMILES string of the molecule is CC(C)NC(=O)CCNS(=O)(=O)c1cccnc1CN. The third-order valence-electron chi connectivity index (χ3n) is 2.43. The molecule has 4 N–H and O–H groups in total. The van der Waals surface area contributed by atoms with E-state index in [9.17, 15) is 13.2 Å². The molecule has 0 saturated carbocycles. The lowest BCUT2D eigenvalue weighted by molar-refractivity contribution is -0.121. The van der Waals surface area contributed by atoms with Gasteiger partial charge in [-0.2, -0.15) is 0 Å². The lowest BCUT2D eigenvalue weighted by Crippen LogP contribution is -2.34. The predicted octanol–water partition coefficient (Wildman–Crippen LogP) is -0.267. The molecule has 0 aliphatic carbocycles. The van der Waals surface area contributed by atoms with Gasteiger partial charge in [0.25, 0.3) is 0 Å². The van der Waals surface area contributed by atoms with E-state index in [4.69, 9.17) is 5.73 Å². The molecular weight excluding hydrogens is 280 g/mol. The molecule has 0 atom stereocenters. The van der Waals surface area contributed by atoms with Crippen LogP contribution in [0.5, 0.6) is 0 Å². The standard InChI is InChI=1S/C12H20N4O3S/c1-9(2)16-12(17)5-7-15-20(18,19)11-4-3-6-14-10(11)8-13/h3-4,6,9,15H,5,7-8,13H2,1-2H3,(H,16,17). The third kappa shape index (κ3) is 4.87. The number of pyridine rings is 1. The highest BCUT2D eigenvalue weighted by molar-refractivity contribution is 7.89. The van der Waals surface area contributed by atoms with Crippen LogP contribution in [0, 0.1) is 0 Å². The van der Waals surface area contributed by atoms with Crippen molar-refractivity contribution in [2.75, 3.05) is 6.54 Å². The highest BCUT2D eigenvalue weighted by Gasteiger charge is 2.18. The Hall–Kier alpha value is -1.51. The minimum atomic E-state index is -3.70. The van der Waals surface area contributed by atoms with Crippen LogP contribution < -0.4 is 15.8 Å². The molecular formula is C12H20N4O3S. The number of sulfonamides is 1. The van der Waals surface area contributed by atoms with Crippen molar-refractivity contribution in [1.82, 2.24) is 15.0 Å². The summed E-state index contributed by atoms with van der Waals surface area (Å²) in [5, 5.41) is 2.69. The number of nitrogens with two attached hydrogens (primary N) is 1. The van der Waals surface area contributed by atoms with Crippen molar-refractivity contribution in [3.8, 4) is 0 Å². The van der Waals surface area contributed by atoms with Crippen molar-refractivity contribution >= 4 is 15.9 Å². The number of hydrogen-bond acceptors (Lipinski definition) is 5. The molecule has 1 amide bonds. The maximum absolute atomic E-state index is 12.1. The fourth-order valence-electron chi connectivity index (χ4n) is 1.59. The molecule has 1 aromatic rings. The zero-order valence-electron chi connectivity index (χ0n) is 11.6. The Morgan fingerprint density at radius 3 is 2.75 bits per heavy atom. The van der Waals surface area contributed by atoms with Gasteiger partial charge in [-0.1, -0.05) is 0 Å². The van der Waals surface area contributed by atoms with Crippen molar-refractivity contribution in [3.05, 3.63) is 24.0 Å². The van der Waals surface area contributed by atoms with Gasteiger partial charge < -0.3 is 11.1 Å². The highest BCUT2D eigenvalue weighted by Crippen LogP contribution is 2.11. The van der Waals surface area contributed by atoms with Crippen LogP contribution in [-0.4, -0.2) is 31.9 Å². The van der Waals surface area contributed by atoms with Gasteiger partial charge in [0.05, 0.1) is 5.69 Å². The van der Waals surface area contributed by atoms with Crippen LogP contribution in [0.25, 0.3) is 0 Å². The number of amides is 1. The van der Waals surface area contributed by atoms with Gasteiger partial charge in [-0.25, -0.2) is 13.1 Å². The molecule has 0 radical (unpaired) electrons. The summed E-state index contributed by atoms with van der Waals surface area (Å²) >= 11 is 0. The molecule has 1 aromatic heterocycles. The van der Waals surface area contributed by atoms with Gasteiger partial charge in [-0.3, -0.25) is 9.78 Å². The summed E-state index contributed by atoms with van der Waals surface area (Å²) < 4.78 is 26.5. The number of carbonyl (C=O) groups is 1. The Balaban J connectivity index is 2.65. The first kappa shape index (κ1) is 16.5. The molecule has 7 nitrogen and oxygen atoms in total. The molecule has 112 valence electrons. The predicted molar refractivity (Wildman–Crippen MR) is 75.2 cm³/mol. The molecule has 8 heteroatoms. The van der Waals surface area contributed by atoms with Crippen molar-refractivity contribution in [3.63, 3.8) is 0 Å². The first-order valence-corrected chi connectivity index (χ1v) is 7.78. The van der Waals surface area contributed by atoms with Crippen LogP contribution in [0.2, 0.25) is 0 Å². The fraction of sp³-hybridized carbons (Fsp3) is 0.500. The molecule has 0 fully saturated rings. The summed E-state index contributed by atoms with van der Waals surface area (Å²) in [7, 11) is -3.70. The van der Waals surface area contributed by atoms with Gasteiger partial charge in [0.2, 0.25) is 15.9 Å². The number of carbonyl (C=O) groups excluding carboxylic acids is 1. The second-order valence-corrected chi connectivity index (χ2v) is 6.26. The number of nitrogens with zero attached hydrogens (tertiary/aromatic N) is 1. The number of nitrogens with one attached hydrogen (secondary N) is 2. The van der Waals surface area contributed by atoms with E-state index in [-0.39, 0.29) is 36.4 Å². The molecule has 0 saturated heterocycles. The third-order valence-corrected chi connectivity index (χ3v) is 3.96. The zero-order valence-corrected chi connectivity index (χ0v) is 12.4. The van der Waals surface area contributed by atoms with E-state index in [1.54, 1.807) is 0 Å². The molecule has 0 aliphatic rings. The fourth-order valence-corrected chi connectivity index (χ4v) is 2.82. The Bertz CT molecular complexity index is 558. The Morgan fingerprint density at radius 1 is 1.45 bits per heavy atom. The van der Waals surface area contributed by atoms with Gasteiger partial charge >= 0.3 is 0 Å². The first-order valence-electron chi connectivity index (χ1n) is 6.30. The summed E-state index contributed by atoms with van der Waals surface area (Å²) in [6.45, 7) is 3.74. The summed E-state index contributed by atoms with van der Waals surface area (Å²) in [4.78, 5) is 15.4. The molecule has 0 aliphatic heterocycles. The highest BCUT2D eigenvalue weighted by atomic mass is 32.2. The Morgan fingerprint density at radius 2 is 2.15 bits per heavy atom. The number of aromatic nitrogens is 1. The number of rotatable bonds is 7. The van der Waals surface area contributed by atoms with Crippen LogP contribution in [0.1, 0.15) is 26.0 Å². The molecule has 0 aromatic carbocycles. The van der Waals surface area contributed by atoms with E-state index >= 15 is 0 Å². The van der Waals surface area contributed by atoms with E-state index in [1.807, 2.05) is 13.8 Å². The van der Waals surface area contributed by atoms with E-state index in [0.29, 0.717) is 5.69 Å². The van der Waals surface area contributed by atoms with Crippen molar-refractivity contribution in [1.29, 1.82) is 0 Å². The second-order valence-electron chi connectivity index (χ2n) is 4.52. The summed E-state index contributed by atoms with van der Waals surface area (Å²) in [6.07, 6.45) is 1.56. The molecule has 0 unspecified atom stereocenters. The van der Waals surface area contributed by atoms with Crippen LogP contribution in [0.3, 0.4) is 0 Å². The minimum absolute atomic E-state index is 0.0276. The largest absolute Gasteiger partial charge is 0.354 e. The average Bonchev–Trinajstić information content (AvgIpc) is 2.37. The minimum Gasteiger partial charge on any atom is -0.354 e. The summed E-state index contributed by atoms with van der Waals surface area (Å²) in [6, 6.07) is 2.99. The Kier molecular flexibility index (Phi) is 6.05.